The summed E-state index contributed by atoms with van der Waals surface area (Å²) in [6.07, 6.45) is 6.58. The molecule has 1 fully saturated rings. The number of nitrogens with two attached hydrogens (primary N) is 1. The standard InChI is InChI=1S/C13H22N2O/c1-2-11(14)7-8-15(12-5-6-12)10-13-4-3-9-16-13/h3-4,9,11-12H,2,5-8,10,14H2,1H3. The third kappa shape index (κ3) is 3.35. The van der Waals surface area contributed by atoms with E-state index in [4.69, 9.17) is 10.2 Å². The summed E-state index contributed by atoms with van der Waals surface area (Å²) >= 11 is 0. The summed E-state index contributed by atoms with van der Waals surface area (Å²) in [5.41, 5.74) is 5.97. The first kappa shape index (κ1) is 11.7. The molecule has 16 heavy (non-hydrogen) atoms. The number of furan rings is 1. The Hall–Kier alpha value is -0.800. The molecule has 0 bridgehead atoms. The molecule has 0 spiro atoms. The second kappa shape index (κ2) is 5.51. The van der Waals surface area contributed by atoms with Crippen molar-refractivity contribution in [1.82, 2.24) is 4.90 Å². The van der Waals surface area contributed by atoms with E-state index in [9.17, 15) is 0 Å². The molecule has 1 aliphatic rings. The van der Waals surface area contributed by atoms with Crippen LogP contribution in [-0.4, -0.2) is 23.5 Å². The highest BCUT2D eigenvalue weighted by Crippen LogP contribution is 2.28. The Bertz CT molecular complexity index is 293. The Morgan fingerprint density at radius 3 is 2.94 bits per heavy atom. The average Bonchev–Trinajstić information content (AvgIpc) is 3.02. The lowest BCUT2D eigenvalue weighted by atomic mass is 10.1. The summed E-state index contributed by atoms with van der Waals surface area (Å²) in [7, 11) is 0. The zero-order chi connectivity index (χ0) is 11.4. The van der Waals surface area contributed by atoms with Crippen LogP contribution in [-0.2, 0) is 6.54 Å². The van der Waals surface area contributed by atoms with Gasteiger partial charge in [-0.25, -0.2) is 0 Å². The van der Waals surface area contributed by atoms with Crippen LogP contribution in [0.15, 0.2) is 22.8 Å². The zero-order valence-corrected chi connectivity index (χ0v) is 10.1. The van der Waals surface area contributed by atoms with E-state index in [-0.39, 0.29) is 0 Å². The largest absolute Gasteiger partial charge is 0.468 e. The van der Waals surface area contributed by atoms with E-state index in [2.05, 4.69) is 17.9 Å². The lowest BCUT2D eigenvalue weighted by molar-refractivity contribution is 0.224. The first-order valence-corrected chi connectivity index (χ1v) is 6.31. The molecule has 1 aliphatic carbocycles. The van der Waals surface area contributed by atoms with Crippen LogP contribution < -0.4 is 5.73 Å². The third-order valence-corrected chi connectivity index (χ3v) is 3.31. The topological polar surface area (TPSA) is 42.4 Å². The Morgan fingerprint density at radius 2 is 2.38 bits per heavy atom. The molecular formula is C13H22N2O. The van der Waals surface area contributed by atoms with Gasteiger partial charge in [0.15, 0.2) is 0 Å². The second-order valence-electron chi connectivity index (χ2n) is 4.74. The van der Waals surface area contributed by atoms with Crippen molar-refractivity contribution < 1.29 is 4.42 Å². The summed E-state index contributed by atoms with van der Waals surface area (Å²) in [5.74, 6) is 1.07. The van der Waals surface area contributed by atoms with Crippen LogP contribution >= 0.6 is 0 Å². The minimum Gasteiger partial charge on any atom is -0.468 e. The predicted molar refractivity (Wildman–Crippen MR) is 65.0 cm³/mol. The van der Waals surface area contributed by atoms with E-state index >= 15 is 0 Å². The van der Waals surface area contributed by atoms with Crippen molar-refractivity contribution in [3.63, 3.8) is 0 Å². The Morgan fingerprint density at radius 1 is 1.56 bits per heavy atom. The molecule has 1 atom stereocenters. The predicted octanol–water partition coefficient (Wildman–Crippen LogP) is 2.37. The van der Waals surface area contributed by atoms with Crippen molar-refractivity contribution in [2.75, 3.05) is 6.54 Å². The maximum Gasteiger partial charge on any atom is 0.117 e. The lowest BCUT2D eigenvalue weighted by Gasteiger charge is -2.22. The van der Waals surface area contributed by atoms with Gasteiger partial charge in [0.25, 0.3) is 0 Å². The number of hydrogen-bond acceptors (Lipinski definition) is 3. The fraction of sp³-hybridized carbons (Fsp3) is 0.692. The van der Waals surface area contributed by atoms with E-state index in [1.807, 2.05) is 6.07 Å². The molecule has 0 amide bonds. The van der Waals surface area contributed by atoms with Crippen molar-refractivity contribution in [3.8, 4) is 0 Å². The van der Waals surface area contributed by atoms with Gasteiger partial charge >= 0.3 is 0 Å². The van der Waals surface area contributed by atoms with Gasteiger partial charge in [-0.1, -0.05) is 6.92 Å². The van der Waals surface area contributed by atoms with E-state index < -0.39 is 0 Å². The van der Waals surface area contributed by atoms with E-state index in [0.717, 1.165) is 37.7 Å². The van der Waals surface area contributed by atoms with Crippen LogP contribution in [0.1, 0.15) is 38.4 Å². The molecular weight excluding hydrogens is 200 g/mol. The van der Waals surface area contributed by atoms with Crippen molar-refractivity contribution in [1.29, 1.82) is 0 Å². The zero-order valence-electron chi connectivity index (χ0n) is 10.1. The van der Waals surface area contributed by atoms with Crippen LogP contribution in [0.5, 0.6) is 0 Å². The first-order valence-electron chi connectivity index (χ1n) is 6.31. The molecule has 1 aromatic rings. The van der Waals surface area contributed by atoms with Crippen LogP contribution in [0.2, 0.25) is 0 Å². The van der Waals surface area contributed by atoms with Gasteiger partial charge in [0.1, 0.15) is 5.76 Å². The van der Waals surface area contributed by atoms with Gasteiger partial charge < -0.3 is 10.2 Å². The summed E-state index contributed by atoms with van der Waals surface area (Å²) in [6, 6.07) is 5.12. The molecule has 2 rings (SSSR count). The summed E-state index contributed by atoms with van der Waals surface area (Å²) in [6.45, 7) is 4.19. The molecule has 0 saturated heterocycles. The monoisotopic (exact) mass is 222 g/mol. The Balaban J connectivity index is 1.81. The van der Waals surface area contributed by atoms with Crippen molar-refractivity contribution in [2.45, 2.75) is 51.2 Å². The fourth-order valence-corrected chi connectivity index (χ4v) is 1.97. The smallest absolute Gasteiger partial charge is 0.117 e. The van der Waals surface area contributed by atoms with Gasteiger partial charge in [0, 0.05) is 18.6 Å². The number of nitrogens with zero attached hydrogens (tertiary/aromatic N) is 1. The van der Waals surface area contributed by atoms with Gasteiger partial charge in [-0.05, 0) is 37.8 Å². The van der Waals surface area contributed by atoms with Crippen molar-refractivity contribution in [3.05, 3.63) is 24.2 Å². The normalized spacial score (nSPS) is 17.9. The summed E-state index contributed by atoms with van der Waals surface area (Å²) < 4.78 is 5.40. The first-order chi connectivity index (χ1) is 7.79. The van der Waals surface area contributed by atoms with Gasteiger partial charge in [-0.2, -0.15) is 0 Å². The molecule has 1 aromatic heterocycles. The molecule has 0 radical (unpaired) electrons. The molecule has 0 aliphatic heterocycles. The minimum absolute atomic E-state index is 0.345. The molecule has 0 aromatic carbocycles. The molecule has 1 unspecified atom stereocenters. The van der Waals surface area contributed by atoms with Crippen LogP contribution in [0.4, 0.5) is 0 Å². The van der Waals surface area contributed by atoms with Crippen molar-refractivity contribution in [2.24, 2.45) is 5.73 Å². The Kier molecular flexibility index (Phi) is 4.02. The third-order valence-electron chi connectivity index (χ3n) is 3.31. The second-order valence-corrected chi connectivity index (χ2v) is 4.74. The van der Waals surface area contributed by atoms with Gasteiger partial charge in [0.2, 0.25) is 0 Å². The maximum atomic E-state index is 5.97. The fourth-order valence-electron chi connectivity index (χ4n) is 1.97. The Labute approximate surface area is 97.6 Å². The van der Waals surface area contributed by atoms with Gasteiger partial charge in [-0.3, -0.25) is 4.90 Å². The minimum atomic E-state index is 0.345. The average molecular weight is 222 g/mol. The van der Waals surface area contributed by atoms with E-state index in [0.29, 0.717) is 6.04 Å². The van der Waals surface area contributed by atoms with Crippen LogP contribution in [0, 0.1) is 0 Å². The lowest BCUT2D eigenvalue weighted by Crippen LogP contribution is -2.31. The van der Waals surface area contributed by atoms with E-state index in [1.165, 1.54) is 12.8 Å². The highest BCUT2D eigenvalue weighted by molar-refractivity contribution is 4.99. The van der Waals surface area contributed by atoms with Crippen LogP contribution in [0.3, 0.4) is 0 Å². The number of rotatable bonds is 7. The summed E-state index contributed by atoms with van der Waals surface area (Å²) in [4.78, 5) is 2.51. The molecule has 1 heterocycles. The molecule has 2 N–H and O–H groups in total. The SMILES string of the molecule is CCC(N)CCN(Cc1ccco1)C1CC1. The van der Waals surface area contributed by atoms with Gasteiger partial charge in [0.05, 0.1) is 12.8 Å². The molecule has 3 heteroatoms. The number of hydrogen-bond donors (Lipinski definition) is 1. The highest BCUT2D eigenvalue weighted by Gasteiger charge is 2.29. The van der Waals surface area contributed by atoms with Crippen LogP contribution in [0.25, 0.3) is 0 Å². The molecule has 3 nitrogen and oxygen atoms in total. The van der Waals surface area contributed by atoms with E-state index in [1.54, 1.807) is 6.26 Å². The maximum absolute atomic E-state index is 5.97. The summed E-state index contributed by atoms with van der Waals surface area (Å²) in [5, 5.41) is 0. The molecule has 90 valence electrons. The molecule has 1 saturated carbocycles. The van der Waals surface area contributed by atoms with Gasteiger partial charge in [-0.15, -0.1) is 0 Å². The quantitative estimate of drug-likeness (QED) is 0.770. The highest BCUT2D eigenvalue weighted by atomic mass is 16.3. The van der Waals surface area contributed by atoms with Crippen molar-refractivity contribution >= 4 is 0 Å².